The van der Waals surface area contributed by atoms with E-state index in [0.717, 1.165) is 33.4 Å². The molecule has 14 nitrogen and oxygen atoms in total. The van der Waals surface area contributed by atoms with Gasteiger partial charge in [-0.15, -0.1) is 10.2 Å². The van der Waals surface area contributed by atoms with Crippen LogP contribution in [-0.2, 0) is 100.0 Å². The molecule has 0 amide bonds. The Morgan fingerprint density at radius 2 is 0.676 bits per heavy atom. The molecule has 0 saturated carbocycles. The van der Waals surface area contributed by atoms with Crippen molar-refractivity contribution in [2.75, 3.05) is 14.2 Å². The predicted molar refractivity (Wildman–Crippen MR) is 263 cm³/mol. The van der Waals surface area contributed by atoms with Gasteiger partial charge in [-0.3, -0.25) is 0 Å². The average molecular weight is 963 g/mol. The highest BCUT2D eigenvalue weighted by atomic mass is 16.7. The van der Waals surface area contributed by atoms with E-state index in [1.54, 1.807) is 14.2 Å². The number of methoxy groups -OCH3 is 2. The Kier molecular flexibility index (Phi) is 18.2. The van der Waals surface area contributed by atoms with Gasteiger partial charge in [-0.25, -0.2) is 0 Å². The van der Waals surface area contributed by atoms with Gasteiger partial charge in [0.25, 0.3) is 0 Å². The zero-order chi connectivity index (χ0) is 48.5. The lowest BCUT2D eigenvalue weighted by atomic mass is 9.95. The first-order chi connectivity index (χ1) is 35.1. The second kappa shape index (κ2) is 25.9. The number of ether oxygens (including phenoxy) is 10. The molecule has 2 aliphatic rings. The van der Waals surface area contributed by atoms with E-state index in [4.69, 9.17) is 52.5 Å². The molecule has 6 aromatic carbocycles. The molecular formula is C57H62N4O10. The van der Waals surface area contributed by atoms with Gasteiger partial charge in [0.15, 0.2) is 18.4 Å². The molecule has 7 aromatic rings. The molecule has 0 aliphatic carbocycles. The van der Waals surface area contributed by atoms with E-state index in [-0.39, 0.29) is 13.0 Å². The van der Waals surface area contributed by atoms with Crippen LogP contribution in [0, 0.1) is 0 Å². The molecule has 370 valence electrons. The average Bonchev–Trinajstić information content (AvgIpc) is 3.87. The van der Waals surface area contributed by atoms with Crippen LogP contribution >= 0.6 is 0 Å². The van der Waals surface area contributed by atoms with Crippen molar-refractivity contribution >= 4 is 0 Å². The molecule has 2 saturated heterocycles. The smallest absolute Gasteiger partial charge is 0.186 e. The van der Waals surface area contributed by atoms with Gasteiger partial charge in [0.05, 0.1) is 52.3 Å². The highest BCUT2D eigenvalue weighted by Gasteiger charge is 2.51. The normalized spacial score (nSPS) is 24.4. The zero-order valence-corrected chi connectivity index (χ0v) is 40.1. The van der Waals surface area contributed by atoms with E-state index in [0.29, 0.717) is 45.5 Å². The largest absolute Gasteiger partial charge is 0.368 e. The van der Waals surface area contributed by atoms with Crippen LogP contribution in [0.3, 0.4) is 0 Å². The number of rotatable bonds is 24. The number of hydrogen-bond donors (Lipinski definition) is 0. The van der Waals surface area contributed by atoms with Gasteiger partial charge < -0.3 is 47.4 Å². The summed E-state index contributed by atoms with van der Waals surface area (Å²) >= 11 is 0. The van der Waals surface area contributed by atoms with Gasteiger partial charge in [-0.1, -0.05) is 182 Å². The summed E-state index contributed by atoms with van der Waals surface area (Å²) in [6.07, 6.45) is -6.61. The molecule has 0 radical (unpaired) electrons. The van der Waals surface area contributed by atoms with Crippen molar-refractivity contribution in [3.05, 3.63) is 221 Å². The molecule has 0 spiro atoms. The maximum Gasteiger partial charge on any atom is 0.186 e. The highest BCUT2D eigenvalue weighted by molar-refractivity contribution is 5.18. The monoisotopic (exact) mass is 962 g/mol. The topological polar surface area (TPSA) is 136 Å². The van der Waals surface area contributed by atoms with Crippen LogP contribution in [0.25, 0.3) is 0 Å². The molecule has 71 heavy (non-hydrogen) atoms. The third-order valence-electron chi connectivity index (χ3n) is 12.6. The molecule has 9 rings (SSSR count). The highest BCUT2D eigenvalue weighted by Crippen LogP contribution is 2.34. The summed E-state index contributed by atoms with van der Waals surface area (Å²) in [5, 5.41) is 14.1. The molecule has 10 atom stereocenters. The minimum Gasteiger partial charge on any atom is -0.368 e. The standard InChI is InChI=1S/C57H62N4O10/c1-62-56-54(68-39-45-29-17-7-18-30-45)52(66-37-43-25-13-5-14-26-43)50(64-35-41-21-9-3-10-22-41)47(70-56)33-49-58-60-61(59-49)34-48-51(65-36-42-23-11-4-12-24-42)53(67-38-44-27-15-6-16-28-44)55(57(63-2)71-48)69-40-46-31-19-8-20-32-46/h3-32,47-48,50-57H,33-40H2,1-2H3/t47-,48-,50-,51-,52+,53+,54-,55-,56+,57+/m1/s1. The second-order valence-corrected chi connectivity index (χ2v) is 17.6. The first kappa shape index (κ1) is 50.0. The molecule has 2 fully saturated rings. The summed E-state index contributed by atoms with van der Waals surface area (Å²) < 4.78 is 66.3. The third-order valence-corrected chi connectivity index (χ3v) is 12.6. The summed E-state index contributed by atoms with van der Waals surface area (Å²) in [4.78, 5) is 1.52. The fourth-order valence-corrected chi connectivity index (χ4v) is 8.96. The number of hydrogen-bond acceptors (Lipinski definition) is 13. The van der Waals surface area contributed by atoms with Gasteiger partial charge >= 0.3 is 0 Å². The Labute approximate surface area is 415 Å². The van der Waals surface area contributed by atoms with Crippen molar-refractivity contribution in [3.63, 3.8) is 0 Å². The maximum atomic E-state index is 6.84. The van der Waals surface area contributed by atoms with Crippen LogP contribution in [0.5, 0.6) is 0 Å². The van der Waals surface area contributed by atoms with E-state index in [2.05, 4.69) is 10.3 Å². The van der Waals surface area contributed by atoms with Crippen LogP contribution in [0.4, 0.5) is 0 Å². The lowest BCUT2D eigenvalue weighted by Crippen LogP contribution is -2.61. The number of nitrogens with zero attached hydrogens (tertiary/aromatic N) is 4. The third kappa shape index (κ3) is 13.9. The molecule has 2 aliphatic heterocycles. The van der Waals surface area contributed by atoms with E-state index in [9.17, 15) is 0 Å². The first-order valence-corrected chi connectivity index (χ1v) is 24.2. The number of aromatic nitrogens is 4. The minimum absolute atomic E-state index is 0.154. The lowest BCUT2D eigenvalue weighted by molar-refractivity contribution is -0.320. The van der Waals surface area contributed by atoms with Gasteiger partial charge in [-0.05, 0) is 38.6 Å². The Bertz CT molecular complexity index is 2390. The van der Waals surface area contributed by atoms with Crippen molar-refractivity contribution in [1.82, 2.24) is 20.2 Å². The lowest BCUT2D eigenvalue weighted by Gasteiger charge is -2.45. The van der Waals surface area contributed by atoms with E-state index < -0.39 is 61.4 Å². The second-order valence-electron chi connectivity index (χ2n) is 17.6. The number of benzene rings is 6. The Hall–Kier alpha value is -6.01. The SMILES string of the molecule is CO[C@H]1O[C@H](Cc2nnn(C[C@H]3O[C@H](OC)[C@H](OCc4ccccc4)[C@@H](OCc4ccccc4)[C@@H]3OCc3ccccc3)n2)[C@@H](OCc2ccccc2)[C@H](OCc2ccccc2)[C@H]1OCc1ccccc1. The minimum atomic E-state index is -0.821. The molecule has 0 N–H and O–H groups in total. The molecule has 1 aromatic heterocycles. The van der Waals surface area contributed by atoms with Crippen molar-refractivity contribution < 1.29 is 47.4 Å². The van der Waals surface area contributed by atoms with E-state index in [1.165, 1.54) is 4.80 Å². The molecule has 0 unspecified atom stereocenters. The maximum absolute atomic E-state index is 6.84. The summed E-state index contributed by atoms with van der Waals surface area (Å²) in [5.74, 6) is 0.422. The summed E-state index contributed by atoms with van der Waals surface area (Å²) in [6.45, 7) is 1.99. The first-order valence-electron chi connectivity index (χ1n) is 24.2. The Balaban J connectivity index is 0.987. The van der Waals surface area contributed by atoms with Gasteiger partial charge in [0.1, 0.15) is 42.7 Å². The molecule has 14 heteroatoms. The molecule has 0 bridgehead atoms. The van der Waals surface area contributed by atoms with E-state index >= 15 is 0 Å². The van der Waals surface area contributed by atoms with E-state index in [1.807, 2.05) is 182 Å². The zero-order valence-electron chi connectivity index (χ0n) is 40.1. The summed E-state index contributed by atoms with van der Waals surface area (Å²) in [7, 11) is 3.21. The van der Waals surface area contributed by atoms with Gasteiger partial charge in [0.2, 0.25) is 0 Å². The van der Waals surface area contributed by atoms with Crippen molar-refractivity contribution in [1.29, 1.82) is 0 Å². The molecular weight excluding hydrogens is 901 g/mol. The van der Waals surface area contributed by atoms with Crippen LogP contribution in [-0.4, -0.2) is 95.8 Å². The van der Waals surface area contributed by atoms with Crippen molar-refractivity contribution in [2.45, 2.75) is 114 Å². The fraction of sp³-hybridized carbons (Fsp3) is 0.351. The van der Waals surface area contributed by atoms with Gasteiger partial charge in [-0.2, -0.15) is 4.80 Å². The van der Waals surface area contributed by atoms with Gasteiger partial charge in [0, 0.05) is 20.6 Å². The summed E-state index contributed by atoms with van der Waals surface area (Å²) in [5.41, 5.74) is 6.01. The quantitative estimate of drug-likeness (QED) is 0.0574. The Morgan fingerprint density at radius 1 is 0.380 bits per heavy atom. The Morgan fingerprint density at radius 3 is 1.01 bits per heavy atom. The summed E-state index contributed by atoms with van der Waals surface area (Å²) in [6, 6.07) is 60.1. The molecule has 3 heterocycles. The van der Waals surface area contributed by atoms with Crippen LogP contribution in [0.15, 0.2) is 182 Å². The van der Waals surface area contributed by atoms with Crippen LogP contribution in [0.1, 0.15) is 39.2 Å². The predicted octanol–water partition coefficient (Wildman–Crippen LogP) is 8.47. The van der Waals surface area contributed by atoms with Crippen molar-refractivity contribution in [3.8, 4) is 0 Å². The van der Waals surface area contributed by atoms with Crippen molar-refractivity contribution in [2.24, 2.45) is 0 Å². The van der Waals surface area contributed by atoms with Crippen LogP contribution in [0.2, 0.25) is 0 Å². The number of tetrazole rings is 1. The van der Waals surface area contributed by atoms with Crippen LogP contribution < -0.4 is 0 Å². The fourth-order valence-electron chi connectivity index (χ4n) is 8.96.